The lowest BCUT2D eigenvalue weighted by molar-refractivity contribution is 1.47. The average Bonchev–Trinajstić information content (AvgIpc) is 2.50. The van der Waals surface area contributed by atoms with Gasteiger partial charge >= 0.3 is 0 Å². The Hall–Kier alpha value is 0.680. The summed E-state index contributed by atoms with van der Waals surface area (Å²) in [5.41, 5.74) is 1.16. The van der Waals surface area contributed by atoms with Gasteiger partial charge in [-0.05, 0) is 28.2 Å². The molecule has 0 aliphatic heterocycles. The molecule has 2 aromatic rings. The van der Waals surface area contributed by atoms with E-state index in [1.807, 2.05) is 0 Å². The van der Waals surface area contributed by atoms with Crippen LogP contribution in [0.5, 0.6) is 0 Å². The van der Waals surface area contributed by atoms with E-state index in [0.29, 0.717) is 0 Å². The molecule has 0 fully saturated rings. The van der Waals surface area contributed by atoms with Gasteiger partial charge in [-0.1, -0.05) is 39.7 Å². The maximum atomic E-state index is 6.23. The van der Waals surface area contributed by atoms with Gasteiger partial charge in [0.15, 0.2) is 0 Å². The Kier molecular flexibility index (Phi) is 3.18. The van der Waals surface area contributed by atoms with Gasteiger partial charge in [0.2, 0.25) is 0 Å². The number of hydrogen-bond acceptors (Lipinski definition) is 1. The van der Waals surface area contributed by atoms with Crippen molar-refractivity contribution in [1.29, 1.82) is 0 Å². The fraction of sp³-hybridized carbons (Fsp3) is 0.111. The number of fused-ring (bicyclic) bond motifs is 1. The van der Waals surface area contributed by atoms with Crippen LogP contribution in [0, 0.1) is 3.57 Å². The predicted octanol–water partition coefficient (Wildman–Crippen LogP) is 5.05. The summed E-state index contributed by atoms with van der Waals surface area (Å²) in [6.45, 7) is 0. The first kappa shape index (κ1) is 10.2. The van der Waals surface area contributed by atoms with Crippen LogP contribution in [0.4, 0.5) is 0 Å². The molecule has 4 heteroatoms. The zero-order valence-electron chi connectivity index (χ0n) is 6.48. The van der Waals surface area contributed by atoms with Gasteiger partial charge in [-0.25, -0.2) is 0 Å². The second-order valence-electron chi connectivity index (χ2n) is 2.63. The quantitative estimate of drug-likeness (QED) is 0.474. The van der Waals surface area contributed by atoms with Crippen molar-refractivity contribution >= 4 is 71.5 Å². The molecule has 0 radical (unpaired) electrons. The molecule has 68 valence electrons. The van der Waals surface area contributed by atoms with E-state index < -0.39 is 0 Å². The molecule has 0 N–H and O–H groups in total. The van der Waals surface area contributed by atoms with Gasteiger partial charge in [0.25, 0.3) is 0 Å². The molecule has 0 unspecified atom stereocenters. The number of benzene rings is 1. The molecule has 1 aromatic carbocycles. The molecule has 1 aromatic heterocycles. The van der Waals surface area contributed by atoms with Crippen LogP contribution < -0.4 is 0 Å². The van der Waals surface area contributed by atoms with Gasteiger partial charge < -0.3 is 0 Å². The lowest BCUT2D eigenvalue weighted by Gasteiger charge is -2.00. The first-order valence-corrected chi connectivity index (χ1v) is 7.10. The zero-order valence-corrected chi connectivity index (χ0v) is 11.8. The normalized spacial score (nSPS) is 11.0. The van der Waals surface area contributed by atoms with Crippen molar-refractivity contribution in [2.24, 2.45) is 0 Å². The van der Waals surface area contributed by atoms with Crippen LogP contribution >= 0.6 is 61.5 Å². The standard InChI is InChI=1S/C9H5BrClIS/c10-3-5-1-2-6-7(12)4-13-9(6)8(5)11/h1-2,4H,3H2. The third-order valence-corrected chi connectivity index (χ3v) is 5.33. The fourth-order valence-corrected chi connectivity index (χ4v) is 4.07. The molecule has 2 rings (SSSR count). The number of rotatable bonds is 1. The van der Waals surface area contributed by atoms with Gasteiger partial charge in [-0.2, -0.15) is 0 Å². The maximum Gasteiger partial charge on any atom is 0.0625 e. The molecule has 13 heavy (non-hydrogen) atoms. The molecule has 0 nitrogen and oxygen atoms in total. The highest BCUT2D eigenvalue weighted by Gasteiger charge is 2.08. The van der Waals surface area contributed by atoms with E-state index in [1.165, 1.54) is 13.7 Å². The van der Waals surface area contributed by atoms with Crippen molar-refractivity contribution in [3.63, 3.8) is 0 Å². The van der Waals surface area contributed by atoms with Crippen LogP contribution in [0.3, 0.4) is 0 Å². The van der Waals surface area contributed by atoms with Crippen LogP contribution in [0.25, 0.3) is 10.1 Å². The van der Waals surface area contributed by atoms with E-state index in [-0.39, 0.29) is 0 Å². The Labute approximate surface area is 108 Å². The summed E-state index contributed by atoms with van der Waals surface area (Å²) in [5.74, 6) is 0. The lowest BCUT2D eigenvalue weighted by atomic mass is 10.2. The minimum Gasteiger partial charge on any atom is -0.141 e. The van der Waals surface area contributed by atoms with Crippen molar-refractivity contribution < 1.29 is 0 Å². The Bertz CT molecular complexity index is 452. The first-order chi connectivity index (χ1) is 6.24. The Morgan fingerprint density at radius 2 is 2.23 bits per heavy atom. The minimum absolute atomic E-state index is 0.816. The molecule has 0 spiro atoms. The molecule has 1 heterocycles. The fourth-order valence-electron chi connectivity index (χ4n) is 1.18. The van der Waals surface area contributed by atoms with E-state index in [0.717, 1.165) is 15.9 Å². The zero-order chi connectivity index (χ0) is 9.42. The van der Waals surface area contributed by atoms with Crippen LogP contribution in [0.2, 0.25) is 5.02 Å². The van der Waals surface area contributed by atoms with Gasteiger partial charge in [0, 0.05) is 19.7 Å². The summed E-state index contributed by atoms with van der Waals surface area (Å²) in [6, 6.07) is 4.21. The van der Waals surface area contributed by atoms with Crippen molar-refractivity contribution in [2.45, 2.75) is 5.33 Å². The molecule has 0 bridgehead atoms. The van der Waals surface area contributed by atoms with Crippen LogP contribution in [-0.2, 0) is 5.33 Å². The minimum atomic E-state index is 0.816. The maximum absolute atomic E-state index is 6.23. The highest BCUT2D eigenvalue weighted by Crippen LogP contribution is 2.35. The Morgan fingerprint density at radius 1 is 1.46 bits per heavy atom. The van der Waals surface area contributed by atoms with Gasteiger partial charge in [0.1, 0.15) is 0 Å². The van der Waals surface area contributed by atoms with E-state index >= 15 is 0 Å². The van der Waals surface area contributed by atoms with E-state index in [1.54, 1.807) is 11.3 Å². The molecule has 0 aliphatic rings. The third kappa shape index (κ3) is 1.76. The molecular weight excluding hydrogens is 382 g/mol. The van der Waals surface area contributed by atoms with Crippen molar-refractivity contribution in [2.75, 3.05) is 0 Å². The SMILES string of the molecule is Clc1c(CBr)ccc2c(I)csc12. The van der Waals surface area contributed by atoms with Crippen LogP contribution in [0.15, 0.2) is 17.5 Å². The molecule has 0 saturated carbocycles. The average molecular weight is 387 g/mol. The summed E-state index contributed by atoms with van der Waals surface area (Å²) in [7, 11) is 0. The Morgan fingerprint density at radius 3 is 2.92 bits per heavy atom. The van der Waals surface area contributed by atoms with Crippen molar-refractivity contribution in [3.05, 3.63) is 31.7 Å². The van der Waals surface area contributed by atoms with Crippen molar-refractivity contribution in [1.82, 2.24) is 0 Å². The highest BCUT2D eigenvalue weighted by atomic mass is 127. The largest absolute Gasteiger partial charge is 0.141 e. The summed E-state index contributed by atoms with van der Waals surface area (Å²) >= 11 is 13.7. The smallest absolute Gasteiger partial charge is 0.0625 e. The first-order valence-electron chi connectivity index (χ1n) is 3.64. The second-order valence-corrected chi connectivity index (χ2v) is 5.61. The summed E-state index contributed by atoms with van der Waals surface area (Å²) in [6.07, 6.45) is 0. The topological polar surface area (TPSA) is 0 Å². The number of halogens is 3. The lowest BCUT2D eigenvalue weighted by Crippen LogP contribution is -1.79. The third-order valence-electron chi connectivity index (χ3n) is 1.86. The molecule has 0 amide bonds. The van der Waals surface area contributed by atoms with E-state index in [2.05, 4.69) is 56.0 Å². The second kappa shape index (κ2) is 4.04. The van der Waals surface area contributed by atoms with E-state index in [4.69, 9.17) is 11.6 Å². The van der Waals surface area contributed by atoms with Gasteiger partial charge in [0.05, 0.1) is 9.72 Å². The van der Waals surface area contributed by atoms with Crippen LogP contribution in [0.1, 0.15) is 5.56 Å². The van der Waals surface area contributed by atoms with Gasteiger partial charge in [-0.3, -0.25) is 0 Å². The van der Waals surface area contributed by atoms with E-state index in [9.17, 15) is 0 Å². The summed E-state index contributed by atoms with van der Waals surface area (Å²) in [4.78, 5) is 0. The molecule has 0 saturated heterocycles. The van der Waals surface area contributed by atoms with Gasteiger partial charge in [-0.15, -0.1) is 11.3 Å². The van der Waals surface area contributed by atoms with Crippen LogP contribution in [-0.4, -0.2) is 0 Å². The molecule has 0 atom stereocenters. The number of thiophene rings is 1. The number of hydrogen-bond donors (Lipinski definition) is 0. The highest BCUT2D eigenvalue weighted by molar-refractivity contribution is 14.1. The summed E-state index contributed by atoms with van der Waals surface area (Å²) < 4.78 is 2.48. The molecular formula is C9H5BrClIS. The molecule has 0 aliphatic carbocycles. The summed E-state index contributed by atoms with van der Waals surface area (Å²) in [5, 5.41) is 5.10. The van der Waals surface area contributed by atoms with Crippen molar-refractivity contribution in [3.8, 4) is 0 Å². The Balaban J connectivity index is 2.80. The monoisotopic (exact) mass is 386 g/mol. The number of alkyl halides is 1. The predicted molar refractivity (Wildman–Crippen MR) is 72.2 cm³/mol.